The van der Waals surface area contributed by atoms with E-state index in [1.807, 2.05) is 0 Å². The maximum Gasteiger partial charge on any atom is 0.364 e. The predicted octanol–water partition coefficient (Wildman–Crippen LogP) is -3.40. The quantitative estimate of drug-likeness (QED) is 0.301. The summed E-state index contributed by atoms with van der Waals surface area (Å²) in [5.74, 6) is -3.65. The molecule has 1 saturated heterocycles. The fourth-order valence-electron chi connectivity index (χ4n) is 1.96. The molecule has 6 atom stereocenters. The van der Waals surface area contributed by atoms with Crippen LogP contribution in [-0.2, 0) is 14.3 Å². The van der Waals surface area contributed by atoms with E-state index in [0.29, 0.717) is 0 Å². The summed E-state index contributed by atoms with van der Waals surface area (Å²) in [5, 5.41) is 46.7. The van der Waals surface area contributed by atoms with E-state index in [1.54, 1.807) is 0 Å². The van der Waals surface area contributed by atoms with E-state index >= 15 is 0 Å². The van der Waals surface area contributed by atoms with Crippen molar-refractivity contribution in [3.8, 4) is 0 Å². The minimum Gasteiger partial charge on any atom is -0.477 e. The zero-order valence-electron chi connectivity index (χ0n) is 10.3. The highest BCUT2D eigenvalue weighted by molar-refractivity contribution is 5.76. The third-order valence-corrected chi connectivity index (χ3v) is 3.20. The lowest BCUT2D eigenvalue weighted by Crippen LogP contribution is -2.66. The number of carboxylic acids is 1. The Bertz CT molecular complexity index is 327. The number of aliphatic carboxylic acids is 1. The van der Waals surface area contributed by atoms with Crippen LogP contribution in [0.3, 0.4) is 0 Å². The third-order valence-electron chi connectivity index (χ3n) is 3.20. The molecular formula is C10H19NO8. The van der Waals surface area contributed by atoms with Gasteiger partial charge in [-0.25, -0.2) is 4.79 Å². The van der Waals surface area contributed by atoms with E-state index in [-0.39, 0.29) is 0 Å². The van der Waals surface area contributed by atoms with Gasteiger partial charge in [-0.2, -0.15) is 0 Å². The lowest BCUT2D eigenvalue weighted by Gasteiger charge is -2.44. The fraction of sp³-hybridized carbons (Fsp3) is 0.900. The van der Waals surface area contributed by atoms with Gasteiger partial charge < -0.3 is 40.7 Å². The fourth-order valence-corrected chi connectivity index (χ4v) is 1.96. The van der Waals surface area contributed by atoms with Crippen molar-refractivity contribution in [1.29, 1.82) is 0 Å². The molecule has 0 aromatic rings. The first kappa shape index (κ1) is 16.2. The minimum atomic E-state index is -2.16. The van der Waals surface area contributed by atoms with E-state index < -0.39 is 55.2 Å². The highest BCUT2D eigenvalue weighted by atomic mass is 16.7. The van der Waals surface area contributed by atoms with Crippen LogP contribution in [0.4, 0.5) is 0 Å². The minimum absolute atomic E-state index is 0.418. The number of rotatable bonds is 5. The van der Waals surface area contributed by atoms with Crippen molar-refractivity contribution >= 4 is 5.97 Å². The van der Waals surface area contributed by atoms with Crippen molar-refractivity contribution in [3.63, 3.8) is 0 Å². The Morgan fingerprint density at radius 2 is 2.16 bits per heavy atom. The number of nitrogens with two attached hydrogens (primary N) is 1. The van der Waals surface area contributed by atoms with Gasteiger partial charge in [0.25, 0.3) is 5.79 Å². The predicted molar refractivity (Wildman–Crippen MR) is 59.9 cm³/mol. The topological polar surface area (TPSA) is 163 Å². The molecule has 1 aliphatic heterocycles. The summed E-state index contributed by atoms with van der Waals surface area (Å²) in [5.41, 5.74) is 5.62. The van der Waals surface area contributed by atoms with Crippen LogP contribution >= 0.6 is 0 Å². The number of ether oxygens (including phenoxy) is 2. The highest BCUT2D eigenvalue weighted by Crippen LogP contribution is 2.31. The van der Waals surface area contributed by atoms with Crippen molar-refractivity contribution in [3.05, 3.63) is 0 Å². The molecule has 0 bridgehead atoms. The van der Waals surface area contributed by atoms with Gasteiger partial charge in [0.05, 0.1) is 18.8 Å². The Hall–Kier alpha value is -0.810. The van der Waals surface area contributed by atoms with Crippen LogP contribution in [-0.4, -0.2) is 81.5 Å². The molecule has 0 aromatic heterocycles. The molecule has 3 unspecified atom stereocenters. The number of hydrogen-bond donors (Lipinski definition) is 6. The Morgan fingerprint density at radius 1 is 1.58 bits per heavy atom. The Balaban J connectivity index is 2.99. The van der Waals surface area contributed by atoms with Crippen LogP contribution in [0.2, 0.25) is 0 Å². The van der Waals surface area contributed by atoms with Gasteiger partial charge >= 0.3 is 5.97 Å². The molecule has 9 nitrogen and oxygen atoms in total. The average molecular weight is 281 g/mol. The van der Waals surface area contributed by atoms with Crippen LogP contribution in [0, 0.1) is 0 Å². The maximum atomic E-state index is 11.2. The molecular weight excluding hydrogens is 262 g/mol. The van der Waals surface area contributed by atoms with Crippen LogP contribution in [0.25, 0.3) is 0 Å². The second-order valence-corrected chi connectivity index (χ2v) is 4.43. The lowest BCUT2D eigenvalue weighted by atomic mass is 9.89. The largest absolute Gasteiger partial charge is 0.477 e. The monoisotopic (exact) mass is 281 g/mol. The molecule has 0 radical (unpaired) electrons. The van der Waals surface area contributed by atoms with Gasteiger partial charge in [0.2, 0.25) is 0 Å². The first-order valence-electron chi connectivity index (χ1n) is 5.66. The summed E-state index contributed by atoms with van der Waals surface area (Å²) < 4.78 is 9.88. The SMILES string of the molecule is CO[C@]1(C(=O)O)CC(O)[C@@H](N)C([C@@H](O)C(O)CO)O1. The summed E-state index contributed by atoms with van der Waals surface area (Å²) in [4.78, 5) is 11.2. The van der Waals surface area contributed by atoms with Gasteiger partial charge in [-0.15, -0.1) is 0 Å². The summed E-state index contributed by atoms with van der Waals surface area (Å²) in [7, 11) is 1.07. The second-order valence-electron chi connectivity index (χ2n) is 4.43. The molecule has 9 heteroatoms. The van der Waals surface area contributed by atoms with Crippen molar-refractivity contribution in [1.82, 2.24) is 0 Å². The normalized spacial score (nSPS) is 38.7. The smallest absolute Gasteiger partial charge is 0.364 e. The summed E-state index contributed by atoms with van der Waals surface area (Å²) in [6, 6.07) is -1.13. The van der Waals surface area contributed by atoms with E-state index in [2.05, 4.69) is 0 Å². The van der Waals surface area contributed by atoms with Crippen LogP contribution < -0.4 is 5.73 Å². The van der Waals surface area contributed by atoms with Gasteiger partial charge in [0.1, 0.15) is 18.3 Å². The number of aliphatic hydroxyl groups excluding tert-OH is 4. The van der Waals surface area contributed by atoms with Crippen molar-refractivity contribution in [2.45, 2.75) is 42.7 Å². The molecule has 0 aliphatic carbocycles. The Morgan fingerprint density at radius 3 is 2.58 bits per heavy atom. The molecule has 1 rings (SSSR count). The van der Waals surface area contributed by atoms with Crippen molar-refractivity contribution < 1.29 is 39.8 Å². The summed E-state index contributed by atoms with van der Waals surface area (Å²) >= 11 is 0. The lowest BCUT2D eigenvalue weighted by molar-refractivity contribution is -0.301. The molecule has 1 heterocycles. The van der Waals surface area contributed by atoms with Gasteiger partial charge in [-0.3, -0.25) is 0 Å². The zero-order valence-corrected chi connectivity index (χ0v) is 10.3. The zero-order chi connectivity index (χ0) is 14.8. The van der Waals surface area contributed by atoms with Crippen LogP contribution in [0.5, 0.6) is 0 Å². The molecule has 19 heavy (non-hydrogen) atoms. The van der Waals surface area contributed by atoms with Gasteiger partial charge in [-0.1, -0.05) is 0 Å². The van der Waals surface area contributed by atoms with E-state index in [0.717, 1.165) is 7.11 Å². The molecule has 0 aromatic carbocycles. The molecule has 1 fully saturated rings. The highest BCUT2D eigenvalue weighted by Gasteiger charge is 2.53. The Labute approximate surface area is 109 Å². The van der Waals surface area contributed by atoms with E-state index in [9.17, 15) is 20.1 Å². The van der Waals surface area contributed by atoms with E-state index in [4.69, 9.17) is 25.4 Å². The molecule has 1 aliphatic rings. The van der Waals surface area contributed by atoms with Crippen molar-refractivity contribution in [2.24, 2.45) is 5.73 Å². The molecule has 7 N–H and O–H groups in total. The molecule has 112 valence electrons. The van der Waals surface area contributed by atoms with Crippen LogP contribution in [0.1, 0.15) is 6.42 Å². The van der Waals surface area contributed by atoms with Gasteiger partial charge in [0, 0.05) is 13.5 Å². The number of carbonyl (C=O) groups is 1. The number of methoxy groups -OCH3 is 1. The summed E-state index contributed by atoms with van der Waals surface area (Å²) in [6.07, 6.45) is -6.37. The average Bonchev–Trinajstić information content (AvgIpc) is 2.39. The first-order chi connectivity index (χ1) is 8.79. The summed E-state index contributed by atoms with van der Waals surface area (Å²) in [6.45, 7) is -0.767. The Kier molecular flexibility index (Phi) is 5.21. The third kappa shape index (κ3) is 3.03. The molecule has 0 spiro atoms. The van der Waals surface area contributed by atoms with Crippen LogP contribution in [0.15, 0.2) is 0 Å². The number of hydrogen-bond acceptors (Lipinski definition) is 8. The van der Waals surface area contributed by atoms with E-state index in [1.165, 1.54) is 0 Å². The number of carboxylic acid groups (broad SMARTS) is 1. The standard InChI is InChI=1S/C10H19NO8/c1-18-10(9(16)17)2-4(13)6(11)8(19-10)7(15)5(14)3-12/h4-8,12-15H,2-3,11H2,1H3,(H,16,17)/t4?,5?,6-,7+,8?,10-/m1/s1. The second kappa shape index (κ2) is 6.09. The van der Waals surface area contributed by atoms with Gasteiger partial charge in [0.15, 0.2) is 0 Å². The first-order valence-corrected chi connectivity index (χ1v) is 5.66. The number of aliphatic hydroxyl groups is 4. The molecule has 0 saturated carbocycles. The van der Waals surface area contributed by atoms with Gasteiger partial charge in [-0.05, 0) is 0 Å². The van der Waals surface area contributed by atoms with Crippen molar-refractivity contribution in [2.75, 3.05) is 13.7 Å². The maximum absolute atomic E-state index is 11.2. The molecule has 0 amide bonds.